The van der Waals surface area contributed by atoms with Crippen LogP contribution in [-0.2, 0) is 11.2 Å². The molecule has 0 radical (unpaired) electrons. The minimum atomic E-state index is -0.219. The van der Waals surface area contributed by atoms with Gasteiger partial charge in [0.25, 0.3) is 0 Å². The van der Waals surface area contributed by atoms with Crippen LogP contribution in [0.4, 0.5) is 5.69 Å². The van der Waals surface area contributed by atoms with Crippen LogP contribution in [0.1, 0.15) is 113 Å². The van der Waals surface area contributed by atoms with Gasteiger partial charge in [-0.1, -0.05) is 124 Å². The number of allylic oxidation sites excluding steroid dienone is 2. The molecule has 3 nitrogen and oxygen atoms in total. The van der Waals surface area contributed by atoms with Gasteiger partial charge in [0.1, 0.15) is 0 Å². The maximum Gasteiger partial charge on any atom is 0.158 e. The van der Waals surface area contributed by atoms with Crippen LogP contribution in [0.3, 0.4) is 0 Å². The molecule has 2 unspecified atom stereocenters. The molecule has 2 N–H and O–H groups in total. The van der Waals surface area contributed by atoms with Gasteiger partial charge in [-0.05, 0) is 65.7 Å². The number of ether oxygens (including phenoxy) is 1. The minimum Gasteiger partial charge on any atom is -0.504 e. The lowest BCUT2D eigenvalue weighted by atomic mass is 9.71. The summed E-state index contributed by atoms with van der Waals surface area (Å²) in [4.78, 5) is 0. The zero-order valence-corrected chi connectivity index (χ0v) is 27.2. The fourth-order valence-electron chi connectivity index (χ4n) is 4.55. The van der Waals surface area contributed by atoms with Crippen molar-refractivity contribution in [3.05, 3.63) is 57.2 Å². The summed E-state index contributed by atoms with van der Waals surface area (Å²) < 4.78 is 6.85. The van der Waals surface area contributed by atoms with Gasteiger partial charge in [-0.15, -0.1) is 0 Å². The van der Waals surface area contributed by atoms with Gasteiger partial charge >= 0.3 is 0 Å². The molecule has 1 aromatic rings. The summed E-state index contributed by atoms with van der Waals surface area (Å²) in [6, 6.07) is 1.72. The molecule has 1 aliphatic carbocycles. The topological polar surface area (TPSA) is 41.5 Å². The zero-order valence-electron chi connectivity index (χ0n) is 25.7. The van der Waals surface area contributed by atoms with E-state index in [0.29, 0.717) is 22.8 Å². The van der Waals surface area contributed by atoms with Crippen molar-refractivity contribution in [3.8, 4) is 5.75 Å². The number of unbranched alkanes of at least 4 members (excludes halogenated alkanes) is 1. The molecule has 0 aromatic heterocycles. The third-order valence-corrected chi connectivity index (χ3v) is 8.76. The summed E-state index contributed by atoms with van der Waals surface area (Å²) in [5.74, 6) is -0.00644. The Balaban J connectivity index is 0.00000352. The van der Waals surface area contributed by atoms with Gasteiger partial charge in [0.05, 0.1) is 22.9 Å². The number of anilines is 1. The molecule has 0 bridgehead atoms. The third-order valence-electron chi connectivity index (χ3n) is 8.01. The Bertz CT molecular complexity index is 991. The van der Waals surface area contributed by atoms with Gasteiger partial charge in [-0.3, -0.25) is 0 Å². The highest BCUT2D eigenvalue weighted by molar-refractivity contribution is 6.37. The van der Waals surface area contributed by atoms with Crippen LogP contribution in [0.5, 0.6) is 5.75 Å². The molecule has 0 saturated carbocycles. The molecule has 38 heavy (non-hydrogen) atoms. The molecule has 0 aliphatic heterocycles. The average molecular weight is 567 g/mol. The van der Waals surface area contributed by atoms with Gasteiger partial charge in [0.2, 0.25) is 0 Å². The fraction of sp³-hybridized carbons (Fsp3) is 0.636. The number of phenols is 1. The molecule has 1 aliphatic rings. The third kappa shape index (κ3) is 8.54. The molecule has 2 atom stereocenters. The molecular formula is C33H53Cl2NO2. The van der Waals surface area contributed by atoms with Crippen LogP contribution in [-0.4, -0.2) is 17.3 Å². The Hall–Kier alpha value is -1.42. The highest BCUT2D eigenvalue weighted by Gasteiger charge is 2.35. The summed E-state index contributed by atoms with van der Waals surface area (Å²) in [6.45, 7) is 26.2. The lowest BCUT2D eigenvalue weighted by molar-refractivity contribution is 0.0136. The standard InChI is InChI=1S/C31H47Cl2NO2.C2H6/c1-10-14-15-26(20(5)34-25-19-24(32)22(11-2)28(33)29(25)35)36-27-17-16-21(30(6,7)12-3)18-23(27)31(8,9)13-4;1-2/h16,18-19,26-27,34-35H,5,10-15,17H2,1-4,6-9H3;1-2H3. The summed E-state index contributed by atoms with van der Waals surface area (Å²) in [6.07, 6.45) is 11.0. The number of benzene rings is 1. The van der Waals surface area contributed by atoms with E-state index in [-0.39, 0.29) is 33.8 Å². The first-order chi connectivity index (χ1) is 17.8. The van der Waals surface area contributed by atoms with Gasteiger partial charge < -0.3 is 15.2 Å². The van der Waals surface area contributed by atoms with Crippen LogP contribution >= 0.6 is 23.2 Å². The molecule has 0 saturated heterocycles. The predicted molar refractivity (Wildman–Crippen MR) is 169 cm³/mol. The Kier molecular flexibility index (Phi) is 14.0. The van der Waals surface area contributed by atoms with Crippen molar-refractivity contribution in [2.24, 2.45) is 10.8 Å². The number of nitrogens with one attached hydrogen (secondary N) is 1. The smallest absolute Gasteiger partial charge is 0.158 e. The largest absolute Gasteiger partial charge is 0.504 e. The maximum absolute atomic E-state index is 10.7. The van der Waals surface area contributed by atoms with Crippen molar-refractivity contribution >= 4 is 28.9 Å². The summed E-state index contributed by atoms with van der Waals surface area (Å²) in [7, 11) is 0. The summed E-state index contributed by atoms with van der Waals surface area (Å²) in [5, 5.41) is 14.8. The summed E-state index contributed by atoms with van der Waals surface area (Å²) >= 11 is 12.9. The molecule has 1 aromatic carbocycles. The van der Waals surface area contributed by atoms with Crippen molar-refractivity contribution in [3.63, 3.8) is 0 Å². The minimum absolute atomic E-state index is 0.00644. The molecule has 0 heterocycles. The van der Waals surface area contributed by atoms with Crippen LogP contribution in [0.15, 0.2) is 41.6 Å². The fourth-order valence-corrected chi connectivity index (χ4v) is 5.28. The van der Waals surface area contributed by atoms with E-state index in [0.717, 1.165) is 44.1 Å². The number of phenolic OH excluding ortho intramolecular Hbond substituents is 1. The average Bonchev–Trinajstić information content (AvgIpc) is 2.90. The van der Waals surface area contributed by atoms with Crippen LogP contribution in [0.2, 0.25) is 10.0 Å². The van der Waals surface area contributed by atoms with Gasteiger partial charge in [-0.25, -0.2) is 0 Å². The Morgan fingerprint density at radius 1 is 1.11 bits per heavy atom. The molecule has 0 spiro atoms. The number of rotatable bonds is 13. The summed E-state index contributed by atoms with van der Waals surface area (Å²) in [5.41, 5.74) is 4.79. The monoisotopic (exact) mass is 565 g/mol. The van der Waals surface area contributed by atoms with Gasteiger partial charge in [0, 0.05) is 10.7 Å². The lowest BCUT2D eigenvalue weighted by Gasteiger charge is -2.39. The maximum atomic E-state index is 10.7. The van der Waals surface area contributed by atoms with Crippen LogP contribution in [0.25, 0.3) is 0 Å². The van der Waals surface area contributed by atoms with Crippen molar-refractivity contribution in [1.82, 2.24) is 0 Å². The molecule has 5 heteroatoms. The molecular weight excluding hydrogens is 513 g/mol. The van der Waals surface area contributed by atoms with E-state index in [2.05, 4.69) is 72.5 Å². The van der Waals surface area contributed by atoms with Gasteiger partial charge in [0.15, 0.2) is 5.75 Å². The number of hydrogen-bond acceptors (Lipinski definition) is 3. The van der Waals surface area contributed by atoms with E-state index in [1.165, 1.54) is 11.1 Å². The molecule has 216 valence electrons. The van der Waals surface area contributed by atoms with E-state index in [9.17, 15) is 5.11 Å². The highest BCUT2D eigenvalue weighted by atomic mass is 35.5. The Labute approximate surface area is 243 Å². The molecule has 0 amide bonds. The number of hydrogen-bond donors (Lipinski definition) is 2. The van der Waals surface area contributed by atoms with E-state index < -0.39 is 0 Å². The van der Waals surface area contributed by atoms with E-state index in [4.69, 9.17) is 27.9 Å². The van der Waals surface area contributed by atoms with Crippen molar-refractivity contribution in [2.45, 2.75) is 126 Å². The predicted octanol–water partition coefficient (Wildman–Crippen LogP) is 11.3. The number of halogens is 2. The first kappa shape index (κ1) is 34.6. The first-order valence-electron chi connectivity index (χ1n) is 14.6. The second kappa shape index (κ2) is 15.4. The first-order valence-corrected chi connectivity index (χ1v) is 15.3. The van der Waals surface area contributed by atoms with E-state index >= 15 is 0 Å². The number of aromatic hydroxyl groups is 1. The second-order valence-electron chi connectivity index (χ2n) is 11.3. The zero-order chi connectivity index (χ0) is 29.3. The van der Waals surface area contributed by atoms with E-state index in [1.807, 2.05) is 20.8 Å². The van der Waals surface area contributed by atoms with Crippen molar-refractivity contribution < 1.29 is 9.84 Å². The van der Waals surface area contributed by atoms with Crippen molar-refractivity contribution in [1.29, 1.82) is 0 Å². The SMILES string of the molecule is C=C(Nc1cc(Cl)c(CC)c(Cl)c1O)C(CCCC)OC1CC=C(C(C)(C)CC)C=C1C(C)(C)CC.CC. The molecule has 2 rings (SSSR count). The second-order valence-corrected chi connectivity index (χ2v) is 12.1. The normalized spacial score (nSPS) is 16.7. The Morgan fingerprint density at radius 3 is 2.24 bits per heavy atom. The van der Waals surface area contributed by atoms with Crippen molar-refractivity contribution in [2.75, 3.05) is 5.32 Å². The highest BCUT2D eigenvalue weighted by Crippen LogP contribution is 2.44. The van der Waals surface area contributed by atoms with Gasteiger partial charge in [-0.2, -0.15) is 0 Å². The molecule has 0 fully saturated rings. The lowest BCUT2D eigenvalue weighted by Crippen LogP contribution is -2.34. The Morgan fingerprint density at radius 2 is 1.71 bits per heavy atom. The van der Waals surface area contributed by atoms with Crippen LogP contribution in [0, 0.1) is 10.8 Å². The van der Waals surface area contributed by atoms with Crippen LogP contribution < -0.4 is 5.32 Å². The van der Waals surface area contributed by atoms with E-state index in [1.54, 1.807) is 6.07 Å². The quantitative estimate of drug-likeness (QED) is 0.233.